The van der Waals surface area contributed by atoms with Crippen LogP contribution in [0.25, 0.3) is 0 Å². The van der Waals surface area contributed by atoms with Gasteiger partial charge in [-0.05, 0) is 38.2 Å². The Hall–Kier alpha value is -1.05. The van der Waals surface area contributed by atoms with Crippen LogP contribution in [-0.2, 0) is 6.54 Å². The third-order valence-electron chi connectivity index (χ3n) is 3.33. The van der Waals surface area contributed by atoms with Gasteiger partial charge in [0, 0.05) is 24.8 Å². The second-order valence-corrected chi connectivity index (χ2v) is 5.92. The Labute approximate surface area is 157 Å². The smallest absolute Gasteiger partial charge is 0.212 e. The van der Waals surface area contributed by atoms with E-state index in [2.05, 4.69) is 48.3 Å². The number of aromatic nitrogens is 1. The largest absolute Gasteiger partial charge is 0.481 e. The Bertz CT molecular complexity index is 448. The fourth-order valence-corrected chi connectivity index (χ4v) is 2.00. The zero-order valence-corrected chi connectivity index (χ0v) is 17.3. The number of halogens is 1. The van der Waals surface area contributed by atoms with Gasteiger partial charge in [-0.1, -0.05) is 19.9 Å². The van der Waals surface area contributed by atoms with Crippen molar-refractivity contribution in [2.24, 2.45) is 10.9 Å². The quantitative estimate of drug-likeness (QED) is 0.373. The van der Waals surface area contributed by atoms with Crippen LogP contribution in [0.15, 0.2) is 23.3 Å². The number of guanidine groups is 1. The van der Waals surface area contributed by atoms with Gasteiger partial charge in [0.15, 0.2) is 5.96 Å². The molecule has 0 fully saturated rings. The molecule has 2 N–H and O–H groups in total. The summed E-state index contributed by atoms with van der Waals surface area (Å²) in [4.78, 5) is 8.82. The highest BCUT2D eigenvalue weighted by Gasteiger charge is 2.06. The molecule has 0 aliphatic heterocycles. The lowest BCUT2D eigenvalue weighted by Gasteiger charge is -2.18. The predicted octanol–water partition coefficient (Wildman–Crippen LogP) is 3.59. The maximum absolute atomic E-state index is 5.06. The predicted molar refractivity (Wildman–Crippen MR) is 108 cm³/mol. The summed E-state index contributed by atoms with van der Waals surface area (Å²) >= 11 is 0. The van der Waals surface area contributed by atoms with Crippen LogP contribution in [0.3, 0.4) is 0 Å². The first-order valence-corrected chi connectivity index (χ1v) is 8.08. The van der Waals surface area contributed by atoms with Crippen molar-refractivity contribution in [2.45, 2.75) is 53.1 Å². The number of hydrogen-bond donors (Lipinski definition) is 2. The summed E-state index contributed by atoms with van der Waals surface area (Å²) in [6.07, 6.45) is 4.16. The highest BCUT2D eigenvalue weighted by atomic mass is 127. The first-order valence-electron chi connectivity index (χ1n) is 8.08. The molecule has 0 spiro atoms. The summed E-state index contributed by atoms with van der Waals surface area (Å²) < 4.78 is 5.06. The Morgan fingerprint density at radius 1 is 1.26 bits per heavy atom. The monoisotopic (exact) mass is 434 g/mol. The second-order valence-electron chi connectivity index (χ2n) is 5.92. The van der Waals surface area contributed by atoms with Crippen molar-refractivity contribution in [3.8, 4) is 5.88 Å². The summed E-state index contributed by atoms with van der Waals surface area (Å²) in [5, 5.41) is 6.75. The molecule has 6 heteroatoms. The van der Waals surface area contributed by atoms with Gasteiger partial charge >= 0.3 is 0 Å². The van der Waals surface area contributed by atoms with E-state index < -0.39 is 0 Å². The molecule has 0 aliphatic carbocycles. The van der Waals surface area contributed by atoms with Crippen LogP contribution >= 0.6 is 24.0 Å². The summed E-state index contributed by atoms with van der Waals surface area (Å²) in [5.74, 6) is 2.21. The van der Waals surface area contributed by atoms with Crippen molar-refractivity contribution in [1.29, 1.82) is 0 Å². The minimum absolute atomic E-state index is 0. The van der Waals surface area contributed by atoms with Crippen LogP contribution in [0.2, 0.25) is 0 Å². The van der Waals surface area contributed by atoms with Gasteiger partial charge in [0.1, 0.15) is 0 Å². The summed E-state index contributed by atoms with van der Waals surface area (Å²) in [5.41, 5.74) is 1.06. The van der Waals surface area contributed by atoms with Crippen LogP contribution in [-0.4, -0.2) is 30.6 Å². The molecule has 132 valence electrons. The number of aliphatic imine (C=N–C) groups is 1. The molecule has 23 heavy (non-hydrogen) atoms. The summed E-state index contributed by atoms with van der Waals surface area (Å²) in [6.45, 7) is 10.2. The maximum atomic E-state index is 5.06. The van der Waals surface area contributed by atoms with Crippen molar-refractivity contribution >= 4 is 29.9 Å². The van der Waals surface area contributed by atoms with Gasteiger partial charge in [0.05, 0.1) is 13.7 Å². The molecular weight excluding hydrogens is 403 g/mol. The Kier molecular flexibility index (Phi) is 11.8. The topological polar surface area (TPSA) is 58.5 Å². The molecule has 0 saturated carbocycles. The minimum Gasteiger partial charge on any atom is -0.481 e. The molecule has 1 unspecified atom stereocenters. The number of nitrogens with one attached hydrogen (secondary N) is 2. The van der Waals surface area contributed by atoms with E-state index in [1.165, 1.54) is 6.42 Å². The highest BCUT2D eigenvalue weighted by Crippen LogP contribution is 2.08. The molecule has 1 atom stereocenters. The third-order valence-corrected chi connectivity index (χ3v) is 3.33. The van der Waals surface area contributed by atoms with E-state index in [9.17, 15) is 0 Å². The third kappa shape index (κ3) is 9.63. The SMILES string of the molecule is CCNC(=NCc1ccc(OC)nc1)NC(C)CCC(C)C.I. The lowest BCUT2D eigenvalue weighted by Crippen LogP contribution is -2.42. The van der Waals surface area contributed by atoms with Gasteiger partial charge in [-0.3, -0.25) is 0 Å². The number of pyridine rings is 1. The van der Waals surface area contributed by atoms with E-state index in [0.717, 1.165) is 30.4 Å². The summed E-state index contributed by atoms with van der Waals surface area (Å²) in [6, 6.07) is 4.26. The number of ether oxygens (including phenoxy) is 1. The maximum Gasteiger partial charge on any atom is 0.212 e. The molecule has 1 aromatic rings. The molecule has 1 heterocycles. The first kappa shape index (κ1) is 21.9. The Morgan fingerprint density at radius 2 is 2.00 bits per heavy atom. The van der Waals surface area contributed by atoms with Crippen LogP contribution in [0.5, 0.6) is 5.88 Å². The zero-order chi connectivity index (χ0) is 16.4. The van der Waals surface area contributed by atoms with E-state index >= 15 is 0 Å². The van der Waals surface area contributed by atoms with Gasteiger partial charge in [-0.25, -0.2) is 9.98 Å². The highest BCUT2D eigenvalue weighted by molar-refractivity contribution is 14.0. The Morgan fingerprint density at radius 3 is 2.52 bits per heavy atom. The van der Waals surface area contributed by atoms with Gasteiger partial charge in [0.2, 0.25) is 5.88 Å². The van der Waals surface area contributed by atoms with Crippen LogP contribution < -0.4 is 15.4 Å². The first-order chi connectivity index (χ1) is 10.5. The molecule has 0 bridgehead atoms. The van der Waals surface area contributed by atoms with Crippen LogP contribution in [0, 0.1) is 5.92 Å². The molecule has 0 aliphatic rings. The van der Waals surface area contributed by atoms with E-state index in [4.69, 9.17) is 4.74 Å². The van der Waals surface area contributed by atoms with Gasteiger partial charge in [-0.15, -0.1) is 24.0 Å². The average molecular weight is 434 g/mol. The second kappa shape index (κ2) is 12.4. The van der Waals surface area contributed by atoms with E-state index in [1.807, 2.05) is 12.1 Å². The van der Waals surface area contributed by atoms with Crippen LogP contribution in [0.4, 0.5) is 0 Å². The normalized spacial score (nSPS) is 12.5. The van der Waals surface area contributed by atoms with Crippen LogP contribution in [0.1, 0.15) is 46.1 Å². The fourth-order valence-electron chi connectivity index (χ4n) is 2.00. The minimum atomic E-state index is 0. The number of nitrogens with zero attached hydrogens (tertiary/aromatic N) is 2. The summed E-state index contributed by atoms with van der Waals surface area (Å²) in [7, 11) is 1.62. The van der Waals surface area contributed by atoms with Gasteiger partial charge in [-0.2, -0.15) is 0 Å². The number of methoxy groups -OCH3 is 1. The van der Waals surface area contributed by atoms with Crippen molar-refractivity contribution < 1.29 is 4.74 Å². The molecule has 1 aromatic heterocycles. The van der Waals surface area contributed by atoms with E-state index in [-0.39, 0.29) is 24.0 Å². The lowest BCUT2D eigenvalue weighted by molar-refractivity contribution is 0.397. The zero-order valence-electron chi connectivity index (χ0n) is 14.9. The van der Waals surface area contributed by atoms with E-state index in [1.54, 1.807) is 13.3 Å². The standard InChI is InChI=1S/C17H30N4O.HI/c1-6-18-17(21-14(4)8-7-13(2)3)20-12-15-9-10-16(22-5)19-11-15;/h9-11,13-14H,6-8,12H2,1-5H3,(H2,18,20,21);1H. The number of rotatable bonds is 8. The Balaban J connectivity index is 0.00000484. The molecular formula is C17H31IN4O. The van der Waals surface area contributed by atoms with Gasteiger partial charge < -0.3 is 15.4 Å². The molecule has 0 saturated heterocycles. The average Bonchev–Trinajstić information content (AvgIpc) is 2.51. The molecule has 1 rings (SSSR count). The van der Waals surface area contributed by atoms with Crippen molar-refractivity contribution in [3.63, 3.8) is 0 Å². The fraction of sp³-hybridized carbons (Fsp3) is 0.647. The van der Waals surface area contributed by atoms with Crippen molar-refractivity contribution in [2.75, 3.05) is 13.7 Å². The lowest BCUT2D eigenvalue weighted by atomic mass is 10.0. The molecule has 0 amide bonds. The van der Waals surface area contributed by atoms with E-state index in [0.29, 0.717) is 18.5 Å². The van der Waals surface area contributed by atoms with Gasteiger partial charge in [0.25, 0.3) is 0 Å². The molecule has 0 radical (unpaired) electrons. The molecule has 0 aromatic carbocycles. The molecule has 5 nitrogen and oxygen atoms in total. The van der Waals surface area contributed by atoms with Crippen molar-refractivity contribution in [3.05, 3.63) is 23.9 Å². The number of hydrogen-bond acceptors (Lipinski definition) is 3. The van der Waals surface area contributed by atoms with Crippen molar-refractivity contribution in [1.82, 2.24) is 15.6 Å².